The minimum Gasteiger partial charge on any atom is -0.481 e. The van der Waals surface area contributed by atoms with Crippen molar-refractivity contribution in [3.8, 4) is 0 Å². The van der Waals surface area contributed by atoms with Gasteiger partial charge in [-0.05, 0) is 18.6 Å². The van der Waals surface area contributed by atoms with E-state index in [2.05, 4.69) is 25.3 Å². The van der Waals surface area contributed by atoms with Crippen molar-refractivity contribution in [2.75, 3.05) is 11.1 Å². The van der Waals surface area contributed by atoms with Gasteiger partial charge in [-0.2, -0.15) is 4.98 Å². The number of aromatic amines is 1. The smallest absolute Gasteiger partial charge is 0.320 e. The number of hydrogen-bond donors (Lipinski definition) is 6. The Morgan fingerprint density at radius 1 is 1.12 bits per heavy atom. The van der Waals surface area contributed by atoms with Crippen molar-refractivity contribution in [1.29, 1.82) is 0 Å². The molecular formula is C19H19N7O6. The SMILES string of the molecule is Nc1nc2ncc(CNc3ccccc3C(=O)C(C[C@H](N)C(=O)O)C(=O)O)nc2c(=O)[nH]1. The summed E-state index contributed by atoms with van der Waals surface area (Å²) in [5.74, 6) is -5.41. The van der Waals surface area contributed by atoms with Crippen molar-refractivity contribution in [2.45, 2.75) is 19.0 Å². The van der Waals surface area contributed by atoms with E-state index in [9.17, 15) is 24.3 Å². The summed E-state index contributed by atoms with van der Waals surface area (Å²) in [6.45, 7) is 0.0451. The maximum Gasteiger partial charge on any atom is 0.320 e. The molecule has 2 atom stereocenters. The fourth-order valence-corrected chi connectivity index (χ4v) is 2.96. The van der Waals surface area contributed by atoms with Crippen LogP contribution >= 0.6 is 0 Å². The first-order valence-electron chi connectivity index (χ1n) is 9.27. The topological polar surface area (TPSA) is 227 Å². The molecule has 1 aromatic carbocycles. The van der Waals surface area contributed by atoms with Crippen molar-refractivity contribution >= 4 is 40.5 Å². The van der Waals surface area contributed by atoms with Gasteiger partial charge in [0, 0.05) is 11.3 Å². The van der Waals surface area contributed by atoms with E-state index in [4.69, 9.17) is 16.6 Å². The Bertz CT molecular complexity index is 1260. The third-order valence-electron chi connectivity index (χ3n) is 4.56. The number of anilines is 2. The van der Waals surface area contributed by atoms with Gasteiger partial charge in [0.15, 0.2) is 16.9 Å². The van der Waals surface area contributed by atoms with E-state index < -0.39 is 41.7 Å². The Kier molecular flexibility index (Phi) is 6.39. The summed E-state index contributed by atoms with van der Waals surface area (Å²) in [6, 6.07) is 4.62. The second-order valence-corrected chi connectivity index (χ2v) is 6.82. The van der Waals surface area contributed by atoms with Crippen molar-refractivity contribution in [1.82, 2.24) is 19.9 Å². The van der Waals surface area contributed by atoms with Crippen LogP contribution in [0.2, 0.25) is 0 Å². The molecule has 13 nitrogen and oxygen atoms in total. The molecule has 0 saturated carbocycles. The number of carbonyl (C=O) groups is 3. The van der Waals surface area contributed by atoms with Gasteiger partial charge >= 0.3 is 11.9 Å². The van der Waals surface area contributed by atoms with E-state index in [1.54, 1.807) is 18.2 Å². The average Bonchev–Trinajstić information content (AvgIpc) is 2.75. The summed E-state index contributed by atoms with van der Waals surface area (Å²) in [5.41, 5.74) is 11.1. The molecular weight excluding hydrogens is 422 g/mol. The summed E-state index contributed by atoms with van der Waals surface area (Å²) in [4.78, 5) is 61.9. The molecule has 0 radical (unpaired) electrons. The fourth-order valence-electron chi connectivity index (χ4n) is 2.96. The summed E-state index contributed by atoms with van der Waals surface area (Å²) in [7, 11) is 0. The number of ketones is 1. The van der Waals surface area contributed by atoms with E-state index in [1.807, 2.05) is 0 Å². The van der Waals surface area contributed by atoms with Crippen LogP contribution in [0.5, 0.6) is 0 Å². The number of aromatic nitrogens is 4. The quantitative estimate of drug-likeness (QED) is 0.184. The Labute approximate surface area is 179 Å². The van der Waals surface area contributed by atoms with Crippen molar-refractivity contribution in [2.24, 2.45) is 11.7 Å². The molecule has 32 heavy (non-hydrogen) atoms. The van der Waals surface area contributed by atoms with E-state index in [0.29, 0.717) is 11.4 Å². The van der Waals surface area contributed by atoms with Gasteiger partial charge in [0.25, 0.3) is 5.56 Å². The minimum absolute atomic E-state index is 0.0172. The second-order valence-electron chi connectivity index (χ2n) is 6.82. The molecule has 0 saturated heterocycles. The number of Topliss-reactive ketones (excluding diaryl/α,β-unsaturated/α-hetero) is 1. The Morgan fingerprint density at radius 3 is 2.53 bits per heavy atom. The summed E-state index contributed by atoms with van der Waals surface area (Å²) in [6.07, 6.45) is 0.810. The number of carboxylic acids is 2. The monoisotopic (exact) mass is 441 g/mol. The zero-order chi connectivity index (χ0) is 23.4. The zero-order valence-electron chi connectivity index (χ0n) is 16.5. The van der Waals surface area contributed by atoms with Gasteiger partial charge in [-0.3, -0.25) is 24.2 Å². The van der Waals surface area contributed by atoms with E-state index >= 15 is 0 Å². The molecule has 0 aliphatic carbocycles. The number of H-pyrrole nitrogens is 1. The van der Waals surface area contributed by atoms with E-state index in [1.165, 1.54) is 12.3 Å². The third kappa shape index (κ3) is 4.84. The lowest BCUT2D eigenvalue weighted by Crippen LogP contribution is -2.37. The molecule has 3 rings (SSSR count). The third-order valence-corrected chi connectivity index (χ3v) is 4.56. The lowest BCUT2D eigenvalue weighted by Gasteiger charge is -2.17. The second kappa shape index (κ2) is 9.18. The van der Waals surface area contributed by atoms with Crippen LogP contribution in [0.15, 0.2) is 35.3 Å². The highest BCUT2D eigenvalue weighted by Gasteiger charge is 2.32. The zero-order valence-corrected chi connectivity index (χ0v) is 16.5. The molecule has 8 N–H and O–H groups in total. The van der Waals surface area contributed by atoms with Crippen LogP contribution in [-0.4, -0.2) is 53.9 Å². The minimum atomic E-state index is -1.64. The van der Waals surface area contributed by atoms with Crippen LogP contribution in [0.25, 0.3) is 11.2 Å². The first-order chi connectivity index (χ1) is 15.2. The van der Waals surface area contributed by atoms with Gasteiger partial charge in [0.05, 0.1) is 18.4 Å². The Hall–Kier alpha value is -4.39. The molecule has 0 aliphatic heterocycles. The number of nitrogen functional groups attached to an aromatic ring is 1. The first-order valence-corrected chi connectivity index (χ1v) is 9.27. The lowest BCUT2D eigenvalue weighted by atomic mass is 9.90. The Morgan fingerprint density at radius 2 is 1.84 bits per heavy atom. The number of benzene rings is 1. The normalized spacial score (nSPS) is 12.8. The van der Waals surface area contributed by atoms with Gasteiger partial charge in [-0.15, -0.1) is 0 Å². The summed E-state index contributed by atoms with van der Waals surface area (Å²) >= 11 is 0. The van der Waals surface area contributed by atoms with Gasteiger partial charge in [-0.1, -0.05) is 12.1 Å². The number of fused-ring (bicyclic) bond motifs is 1. The van der Waals surface area contributed by atoms with E-state index in [-0.39, 0.29) is 29.2 Å². The largest absolute Gasteiger partial charge is 0.481 e. The predicted octanol–water partition coefficient (Wildman–Crippen LogP) is -0.407. The highest BCUT2D eigenvalue weighted by molar-refractivity contribution is 6.11. The number of nitrogens with zero attached hydrogens (tertiary/aromatic N) is 3. The average molecular weight is 441 g/mol. The van der Waals surface area contributed by atoms with Crippen molar-refractivity contribution in [3.63, 3.8) is 0 Å². The summed E-state index contributed by atoms with van der Waals surface area (Å²) < 4.78 is 0. The fraction of sp³-hybridized carbons (Fsp3) is 0.211. The van der Waals surface area contributed by atoms with Crippen LogP contribution in [-0.2, 0) is 16.1 Å². The van der Waals surface area contributed by atoms with Gasteiger partial charge in [0.2, 0.25) is 5.95 Å². The molecule has 1 unspecified atom stereocenters. The number of para-hydroxylation sites is 1. The van der Waals surface area contributed by atoms with Gasteiger partial charge in [0.1, 0.15) is 12.0 Å². The number of aliphatic carboxylic acids is 2. The van der Waals surface area contributed by atoms with Crippen LogP contribution in [0, 0.1) is 5.92 Å². The molecule has 2 heterocycles. The van der Waals surface area contributed by atoms with Crippen molar-refractivity contribution < 1.29 is 24.6 Å². The standard InChI is InChI=1S/C19H19N7O6/c20-11(18(31)32)5-10(17(29)30)14(27)9-3-1-2-4-12(9)22-6-8-7-23-15-13(24-8)16(28)26-19(21)25-15/h1-4,7,10-11,22H,5-6,20H2,(H,29,30)(H,31,32)(H3,21,23,25,26,28)/t10?,11-/m0/s1. The van der Waals surface area contributed by atoms with Crippen LogP contribution in [0.3, 0.4) is 0 Å². The molecule has 0 spiro atoms. The van der Waals surface area contributed by atoms with Crippen LogP contribution in [0.1, 0.15) is 22.5 Å². The molecule has 3 aromatic rings. The maximum atomic E-state index is 12.9. The molecule has 0 amide bonds. The highest BCUT2D eigenvalue weighted by atomic mass is 16.4. The molecule has 13 heteroatoms. The number of nitrogens with two attached hydrogens (primary N) is 2. The Balaban J connectivity index is 1.84. The molecule has 166 valence electrons. The van der Waals surface area contributed by atoms with E-state index in [0.717, 1.165) is 0 Å². The maximum absolute atomic E-state index is 12.9. The summed E-state index contributed by atoms with van der Waals surface area (Å²) in [5, 5.41) is 21.3. The number of hydrogen-bond acceptors (Lipinski definition) is 10. The molecule has 0 bridgehead atoms. The molecule has 0 aliphatic rings. The van der Waals surface area contributed by atoms with Gasteiger partial charge < -0.3 is 27.0 Å². The van der Waals surface area contributed by atoms with Crippen molar-refractivity contribution in [3.05, 3.63) is 52.1 Å². The molecule has 2 aromatic heterocycles. The number of rotatable bonds is 9. The predicted molar refractivity (Wildman–Crippen MR) is 112 cm³/mol. The van der Waals surface area contributed by atoms with Crippen LogP contribution in [0.4, 0.5) is 11.6 Å². The van der Waals surface area contributed by atoms with Crippen LogP contribution < -0.4 is 22.3 Å². The molecule has 0 fully saturated rings. The van der Waals surface area contributed by atoms with Gasteiger partial charge in [-0.25, -0.2) is 9.97 Å². The number of nitrogens with one attached hydrogen (secondary N) is 2. The lowest BCUT2D eigenvalue weighted by molar-refractivity contribution is -0.142. The number of carboxylic acid groups (broad SMARTS) is 2. The highest BCUT2D eigenvalue weighted by Crippen LogP contribution is 2.22. The first kappa shape index (κ1) is 22.3. The number of carbonyl (C=O) groups excluding carboxylic acids is 1.